The molecule has 1 aromatic heterocycles. The van der Waals surface area contributed by atoms with Crippen LogP contribution in [0.4, 0.5) is 5.82 Å². The van der Waals surface area contributed by atoms with Crippen molar-refractivity contribution in [1.29, 1.82) is 5.26 Å². The third-order valence-electron chi connectivity index (χ3n) is 6.02. The summed E-state index contributed by atoms with van der Waals surface area (Å²) in [5.41, 5.74) is 2.53. The third-order valence-corrected chi connectivity index (χ3v) is 6.02. The highest BCUT2D eigenvalue weighted by molar-refractivity contribution is 5.93. The number of likely N-dealkylation sites (N-methyl/N-ethyl adjacent to an activating group) is 1. The molecule has 7 nitrogen and oxygen atoms in total. The Morgan fingerprint density at radius 1 is 1.31 bits per heavy atom. The maximum Gasteiger partial charge on any atom is 0.309 e. The van der Waals surface area contributed by atoms with E-state index >= 15 is 0 Å². The van der Waals surface area contributed by atoms with Crippen LogP contribution in [0.5, 0.6) is 0 Å². The van der Waals surface area contributed by atoms with E-state index in [1.54, 1.807) is 6.92 Å². The average molecular weight is 403 g/mol. The van der Waals surface area contributed by atoms with Crippen LogP contribution in [0.3, 0.4) is 0 Å². The van der Waals surface area contributed by atoms with Crippen molar-refractivity contribution in [2.24, 2.45) is 5.92 Å². The largest absolute Gasteiger partial charge is 0.469 e. The van der Waals surface area contributed by atoms with Crippen LogP contribution in [0, 0.1) is 31.1 Å². The van der Waals surface area contributed by atoms with Gasteiger partial charge in [0, 0.05) is 18.3 Å². The van der Waals surface area contributed by atoms with Gasteiger partial charge in [-0.05, 0) is 38.8 Å². The summed E-state index contributed by atoms with van der Waals surface area (Å²) in [5.74, 6) is -0.141. The Bertz CT molecular complexity index is 772. The highest BCUT2D eigenvalue weighted by Crippen LogP contribution is 2.36. The van der Waals surface area contributed by atoms with Gasteiger partial charge in [0.25, 0.3) is 0 Å². The Balaban J connectivity index is 2.19. The molecule has 160 valence electrons. The van der Waals surface area contributed by atoms with Crippen LogP contribution >= 0.6 is 0 Å². The van der Waals surface area contributed by atoms with Crippen molar-refractivity contribution >= 4 is 17.7 Å². The van der Waals surface area contributed by atoms with E-state index in [2.05, 4.69) is 16.0 Å². The number of carbonyl (C=O) groups is 2. The minimum Gasteiger partial charge on any atom is -0.469 e. The number of carbonyl (C=O) groups excluding carboxylic acids is 2. The Hall–Kier alpha value is -2.33. The van der Waals surface area contributed by atoms with E-state index in [1.807, 2.05) is 25.7 Å². The fraction of sp³-hybridized carbons (Fsp3) is 0.682. The lowest BCUT2D eigenvalue weighted by Crippen LogP contribution is -2.38. The molecule has 0 spiro atoms. The first kappa shape index (κ1) is 23.0. The number of nitriles is 1. The topological polar surface area (TPSA) is 87.4 Å². The van der Waals surface area contributed by atoms with Crippen molar-refractivity contribution in [3.8, 4) is 6.07 Å². The lowest BCUT2D eigenvalue weighted by Gasteiger charge is -2.28. The number of methoxy groups -OCH3 is 1. The first-order valence-electron chi connectivity index (χ1n) is 10.5. The Labute approximate surface area is 174 Å². The summed E-state index contributed by atoms with van der Waals surface area (Å²) in [7, 11) is 1.37. The maximum absolute atomic E-state index is 12.8. The number of amides is 1. The predicted molar refractivity (Wildman–Crippen MR) is 113 cm³/mol. The number of aromatic nitrogens is 1. The van der Waals surface area contributed by atoms with Crippen LogP contribution in [0.1, 0.15) is 68.8 Å². The quantitative estimate of drug-likeness (QED) is 0.672. The van der Waals surface area contributed by atoms with Gasteiger partial charge in [0.05, 0.1) is 25.1 Å². The molecule has 1 aliphatic rings. The third kappa shape index (κ3) is 5.39. The van der Waals surface area contributed by atoms with Crippen LogP contribution in [0.15, 0.2) is 0 Å². The van der Waals surface area contributed by atoms with Gasteiger partial charge < -0.3 is 14.6 Å². The molecule has 1 unspecified atom stereocenters. The maximum atomic E-state index is 12.8. The summed E-state index contributed by atoms with van der Waals surface area (Å²) >= 11 is 0. The average Bonchev–Trinajstić information content (AvgIpc) is 2.96. The number of anilines is 1. The van der Waals surface area contributed by atoms with E-state index in [0.29, 0.717) is 30.5 Å². The zero-order valence-corrected chi connectivity index (χ0v) is 18.4. The number of nitrogens with one attached hydrogen (secondary N) is 1. The minimum atomic E-state index is -0.307. The van der Waals surface area contributed by atoms with Crippen molar-refractivity contribution in [2.45, 2.75) is 65.8 Å². The van der Waals surface area contributed by atoms with Crippen molar-refractivity contribution in [1.82, 2.24) is 9.47 Å². The first-order valence-corrected chi connectivity index (χ1v) is 10.5. The molecule has 0 saturated heterocycles. The smallest absolute Gasteiger partial charge is 0.309 e. The van der Waals surface area contributed by atoms with E-state index in [0.717, 1.165) is 24.1 Å². The second-order valence-electron chi connectivity index (χ2n) is 8.01. The van der Waals surface area contributed by atoms with Crippen molar-refractivity contribution in [3.63, 3.8) is 0 Å². The number of esters is 1. The predicted octanol–water partition coefficient (Wildman–Crippen LogP) is 3.55. The molecular formula is C22H34N4O3. The molecule has 0 bridgehead atoms. The van der Waals surface area contributed by atoms with Gasteiger partial charge in [-0.25, -0.2) is 0 Å². The number of rotatable bonds is 8. The van der Waals surface area contributed by atoms with E-state index in [4.69, 9.17) is 4.74 Å². The summed E-state index contributed by atoms with van der Waals surface area (Å²) in [6.45, 7) is 8.97. The molecule has 1 fully saturated rings. The lowest BCUT2D eigenvalue weighted by molar-refractivity contribution is -0.145. The van der Waals surface area contributed by atoms with Gasteiger partial charge >= 0.3 is 5.97 Å². The number of hydrogen-bond donors (Lipinski definition) is 1. The zero-order chi connectivity index (χ0) is 21.6. The summed E-state index contributed by atoms with van der Waals surface area (Å²) in [4.78, 5) is 26.4. The van der Waals surface area contributed by atoms with Crippen LogP contribution in [0.2, 0.25) is 0 Å². The Kier molecular flexibility index (Phi) is 8.27. The molecule has 7 heteroatoms. The van der Waals surface area contributed by atoms with Gasteiger partial charge in [0.1, 0.15) is 11.9 Å². The van der Waals surface area contributed by atoms with E-state index in [-0.39, 0.29) is 24.3 Å². The fourth-order valence-corrected chi connectivity index (χ4v) is 4.23. The summed E-state index contributed by atoms with van der Waals surface area (Å²) in [5, 5.41) is 12.7. The molecule has 1 heterocycles. The Morgan fingerprint density at radius 3 is 2.52 bits per heavy atom. The molecule has 1 saturated carbocycles. The van der Waals surface area contributed by atoms with Crippen molar-refractivity contribution in [3.05, 3.63) is 16.8 Å². The van der Waals surface area contributed by atoms with Gasteiger partial charge in [-0.15, -0.1) is 0 Å². The molecular weight excluding hydrogens is 368 g/mol. The highest BCUT2D eigenvalue weighted by atomic mass is 16.5. The van der Waals surface area contributed by atoms with Crippen LogP contribution < -0.4 is 5.32 Å². The molecule has 2 rings (SSSR count). The number of ether oxygens (including phenoxy) is 1. The van der Waals surface area contributed by atoms with Crippen molar-refractivity contribution < 1.29 is 14.3 Å². The normalized spacial score (nSPS) is 15.8. The summed E-state index contributed by atoms with van der Waals surface area (Å²) in [6, 6.07) is 2.60. The molecule has 0 aliphatic heterocycles. The number of hydrogen-bond acceptors (Lipinski definition) is 5. The van der Waals surface area contributed by atoms with Crippen molar-refractivity contribution in [2.75, 3.05) is 32.1 Å². The standard InChI is InChI=1S/C22H34N4O3/c1-6-25(13-15(2)22(28)29-5)14-20(27)24-21-19(12-23)16(3)17(4)26(21)18-10-8-7-9-11-18/h15,18H,6-11,13-14H2,1-5H3,(H,24,27). The molecule has 1 amide bonds. The van der Waals surface area contributed by atoms with Gasteiger partial charge in [0.2, 0.25) is 5.91 Å². The van der Waals surface area contributed by atoms with Crippen LogP contribution in [-0.2, 0) is 14.3 Å². The van der Waals surface area contributed by atoms with Gasteiger partial charge in [-0.3, -0.25) is 14.5 Å². The summed E-state index contributed by atoms with van der Waals surface area (Å²) < 4.78 is 6.95. The zero-order valence-electron chi connectivity index (χ0n) is 18.4. The molecule has 1 aromatic rings. The second kappa shape index (κ2) is 10.4. The van der Waals surface area contributed by atoms with Gasteiger partial charge in [-0.1, -0.05) is 33.1 Å². The fourth-order valence-electron chi connectivity index (χ4n) is 4.23. The van der Waals surface area contributed by atoms with E-state index < -0.39 is 0 Å². The lowest BCUT2D eigenvalue weighted by atomic mass is 9.95. The molecule has 0 radical (unpaired) electrons. The highest BCUT2D eigenvalue weighted by Gasteiger charge is 2.26. The van der Waals surface area contributed by atoms with Crippen LogP contribution in [-0.4, -0.2) is 48.1 Å². The molecule has 1 N–H and O–H groups in total. The number of nitrogens with zero attached hydrogens (tertiary/aromatic N) is 3. The SMILES string of the molecule is CCN(CC(=O)Nc1c(C#N)c(C)c(C)n1C1CCCCC1)CC(C)C(=O)OC. The van der Waals surface area contributed by atoms with E-state index in [1.165, 1.54) is 26.4 Å². The Morgan fingerprint density at radius 2 is 1.97 bits per heavy atom. The molecule has 1 aliphatic carbocycles. The summed E-state index contributed by atoms with van der Waals surface area (Å²) in [6.07, 6.45) is 5.73. The molecule has 1 atom stereocenters. The van der Waals surface area contributed by atoms with E-state index in [9.17, 15) is 14.9 Å². The molecule has 29 heavy (non-hydrogen) atoms. The molecule has 0 aromatic carbocycles. The first-order chi connectivity index (χ1) is 13.8. The second-order valence-corrected chi connectivity index (χ2v) is 8.01. The van der Waals surface area contributed by atoms with Crippen LogP contribution in [0.25, 0.3) is 0 Å². The van der Waals surface area contributed by atoms with Gasteiger partial charge in [-0.2, -0.15) is 5.26 Å². The monoisotopic (exact) mass is 402 g/mol. The minimum absolute atomic E-state index is 0.163. The van der Waals surface area contributed by atoms with Gasteiger partial charge in [0.15, 0.2) is 0 Å².